The standard InChI is InChI=1S/C29H39N5O4/c1-19-16-20(2)33(31-19)14-7-12-30-26(35)21-8-6-13-32(18-21)24-10-5-9-23-25(24)28(37)34(27(23)36)22-11-15-38-29(3,4)17-22/h5,9-10,16,21-22H,6-8,11-15,17-18H2,1-4H3,(H,30,35)/t21-,22+/m0/s1. The molecule has 204 valence electrons. The third-order valence-corrected chi connectivity index (χ3v) is 8.04. The number of piperidine rings is 1. The largest absolute Gasteiger partial charge is 0.375 e. The summed E-state index contributed by atoms with van der Waals surface area (Å²) in [5.41, 5.74) is 3.46. The maximum absolute atomic E-state index is 13.7. The van der Waals surface area contributed by atoms with Gasteiger partial charge in [-0.1, -0.05) is 6.07 Å². The van der Waals surface area contributed by atoms with Crippen LogP contribution in [-0.4, -0.2) is 70.3 Å². The van der Waals surface area contributed by atoms with Gasteiger partial charge in [-0.15, -0.1) is 0 Å². The molecule has 3 aliphatic rings. The summed E-state index contributed by atoms with van der Waals surface area (Å²) in [7, 11) is 0. The number of benzene rings is 1. The minimum absolute atomic E-state index is 0.0455. The lowest BCUT2D eigenvalue weighted by Gasteiger charge is -2.39. The van der Waals surface area contributed by atoms with Gasteiger partial charge in [0.05, 0.1) is 34.0 Å². The quantitative estimate of drug-likeness (QED) is 0.443. The maximum atomic E-state index is 13.7. The predicted octanol–water partition coefficient (Wildman–Crippen LogP) is 3.48. The maximum Gasteiger partial charge on any atom is 0.263 e. The number of hydrogen-bond donors (Lipinski definition) is 1. The van der Waals surface area contributed by atoms with E-state index in [2.05, 4.69) is 21.4 Å². The van der Waals surface area contributed by atoms with E-state index < -0.39 is 0 Å². The normalized spacial score (nSPS) is 23.1. The molecule has 0 bridgehead atoms. The average molecular weight is 522 g/mol. The molecule has 5 rings (SSSR count). The SMILES string of the molecule is Cc1cc(C)n(CCCNC(=O)[C@H]2CCCN(c3cccc4c3C(=O)N([C@@H]3CCOC(C)(C)C3)C4=O)C2)n1. The zero-order chi connectivity index (χ0) is 27.0. The molecule has 3 aliphatic heterocycles. The molecule has 2 atom stereocenters. The molecule has 38 heavy (non-hydrogen) atoms. The Morgan fingerprint density at radius 3 is 2.74 bits per heavy atom. The minimum Gasteiger partial charge on any atom is -0.375 e. The molecular formula is C29H39N5O4. The van der Waals surface area contributed by atoms with Crippen LogP contribution in [-0.2, 0) is 16.1 Å². The van der Waals surface area contributed by atoms with Crippen molar-refractivity contribution in [1.82, 2.24) is 20.0 Å². The molecule has 1 aromatic carbocycles. The topological polar surface area (TPSA) is 96.8 Å². The molecule has 9 heteroatoms. The van der Waals surface area contributed by atoms with Gasteiger partial charge < -0.3 is 15.0 Å². The van der Waals surface area contributed by atoms with Crippen LogP contribution in [0.3, 0.4) is 0 Å². The van der Waals surface area contributed by atoms with Gasteiger partial charge in [-0.25, -0.2) is 0 Å². The molecule has 0 radical (unpaired) electrons. The highest BCUT2D eigenvalue weighted by atomic mass is 16.5. The number of carbonyl (C=O) groups excluding carboxylic acids is 3. The lowest BCUT2D eigenvalue weighted by atomic mass is 9.93. The molecule has 1 aromatic heterocycles. The van der Waals surface area contributed by atoms with E-state index in [0.29, 0.717) is 43.7 Å². The van der Waals surface area contributed by atoms with Gasteiger partial charge in [0.2, 0.25) is 5.91 Å². The second-order valence-corrected chi connectivity index (χ2v) is 11.5. The van der Waals surface area contributed by atoms with Gasteiger partial charge in [0, 0.05) is 44.5 Å². The second kappa shape index (κ2) is 10.5. The summed E-state index contributed by atoms with van der Waals surface area (Å²) in [5.74, 6) is -0.556. The van der Waals surface area contributed by atoms with Crippen molar-refractivity contribution in [2.75, 3.05) is 31.1 Å². The molecule has 0 saturated carbocycles. The number of fused-ring (bicyclic) bond motifs is 1. The van der Waals surface area contributed by atoms with E-state index in [1.807, 2.05) is 44.5 Å². The molecule has 0 aliphatic carbocycles. The van der Waals surface area contributed by atoms with Crippen LogP contribution in [0.5, 0.6) is 0 Å². The van der Waals surface area contributed by atoms with Crippen molar-refractivity contribution in [3.05, 3.63) is 46.8 Å². The lowest BCUT2D eigenvalue weighted by Crippen LogP contribution is -2.48. The minimum atomic E-state index is -0.370. The Kier molecular flexibility index (Phi) is 7.31. The number of aryl methyl sites for hydroxylation is 3. The first-order valence-corrected chi connectivity index (χ1v) is 13.8. The highest BCUT2D eigenvalue weighted by Crippen LogP contribution is 2.38. The number of hydrogen-bond acceptors (Lipinski definition) is 6. The van der Waals surface area contributed by atoms with Gasteiger partial charge in [0.1, 0.15) is 0 Å². The molecule has 3 amide bonds. The van der Waals surface area contributed by atoms with Crippen LogP contribution in [0.1, 0.15) is 78.1 Å². The Labute approximate surface area is 224 Å². The van der Waals surface area contributed by atoms with Gasteiger partial charge in [0.15, 0.2) is 0 Å². The van der Waals surface area contributed by atoms with Crippen LogP contribution in [0.25, 0.3) is 0 Å². The van der Waals surface area contributed by atoms with Crippen molar-refractivity contribution in [2.45, 2.75) is 78.0 Å². The highest BCUT2D eigenvalue weighted by Gasteiger charge is 2.45. The van der Waals surface area contributed by atoms with Crippen LogP contribution in [0.15, 0.2) is 24.3 Å². The molecule has 2 aromatic rings. The fourth-order valence-electron chi connectivity index (χ4n) is 6.20. The van der Waals surface area contributed by atoms with Gasteiger partial charge in [0.25, 0.3) is 11.8 Å². The van der Waals surface area contributed by atoms with Crippen molar-refractivity contribution < 1.29 is 19.1 Å². The van der Waals surface area contributed by atoms with E-state index >= 15 is 0 Å². The fourth-order valence-corrected chi connectivity index (χ4v) is 6.20. The molecule has 4 heterocycles. The summed E-state index contributed by atoms with van der Waals surface area (Å²) >= 11 is 0. The van der Waals surface area contributed by atoms with Crippen LogP contribution >= 0.6 is 0 Å². The van der Waals surface area contributed by atoms with E-state index in [1.54, 1.807) is 6.07 Å². The number of carbonyl (C=O) groups is 3. The van der Waals surface area contributed by atoms with Gasteiger partial charge in [-0.3, -0.25) is 24.0 Å². The number of nitrogens with one attached hydrogen (secondary N) is 1. The number of nitrogens with zero attached hydrogens (tertiary/aromatic N) is 4. The van der Waals surface area contributed by atoms with Crippen LogP contribution in [0.2, 0.25) is 0 Å². The van der Waals surface area contributed by atoms with Crippen LogP contribution in [0, 0.1) is 19.8 Å². The Morgan fingerprint density at radius 1 is 1.18 bits per heavy atom. The molecular weight excluding hydrogens is 482 g/mol. The van der Waals surface area contributed by atoms with Crippen molar-refractivity contribution in [3.8, 4) is 0 Å². The summed E-state index contributed by atoms with van der Waals surface area (Å²) in [6.07, 6.45) is 3.75. The number of imide groups is 1. The summed E-state index contributed by atoms with van der Waals surface area (Å²) in [4.78, 5) is 43.6. The number of aromatic nitrogens is 2. The van der Waals surface area contributed by atoms with Crippen molar-refractivity contribution in [1.29, 1.82) is 0 Å². The second-order valence-electron chi connectivity index (χ2n) is 11.5. The van der Waals surface area contributed by atoms with Gasteiger partial charge >= 0.3 is 0 Å². The molecule has 1 N–H and O–H groups in total. The van der Waals surface area contributed by atoms with Crippen LogP contribution in [0.4, 0.5) is 5.69 Å². The number of rotatable bonds is 7. The number of anilines is 1. The number of amides is 3. The monoisotopic (exact) mass is 521 g/mol. The zero-order valence-corrected chi connectivity index (χ0v) is 23.0. The van der Waals surface area contributed by atoms with Gasteiger partial charge in [-0.2, -0.15) is 5.10 Å². The Balaban J connectivity index is 1.24. The fraction of sp³-hybridized carbons (Fsp3) is 0.586. The zero-order valence-electron chi connectivity index (χ0n) is 23.0. The molecule has 2 fully saturated rings. The first kappa shape index (κ1) is 26.4. The third kappa shape index (κ3) is 5.21. The summed E-state index contributed by atoms with van der Waals surface area (Å²) in [6, 6.07) is 7.39. The Bertz CT molecular complexity index is 1240. The summed E-state index contributed by atoms with van der Waals surface area (Å²) in [5, 5.41) is 7.58. The van der Waals surface area contributed by atoms with E-state index in [9.17, 15) is 14.4 Å². The predicted molar refractivity (Wildman–Crippen MR) is 144 cm³/mol. The Morgan fingerprint density at radius 2 is 2.00 bits per heavy atom. The summed E-state index contributed by atoms with van der Waals surface area (Å²) in [6.45, 7) is 11.2. The van der Waals surface area contributed by atoms with Crippen LogP contribution < -0.4 is 10.2 Å². The smallest absolute Gasteiger partial charge is 0.263 e. The summed E-state index contributed by atoms with van der Waals surface area (Å²) < 4.78 is 7.79. The average Bonchev–Trinajstić information content (AvgIpc) is 3.34. The number of ether oxygens (including phenoxy) is 1. The molecule has 2 saturated heterocycles. The van der Waals surface area contributed by atoms with E-state index in [0.717, 1.165) is 49.4 Å². The van der Waals surface area contributed by atoms with E-state index in [1.165, 1.54) is 4.90 Å². The molecule has 0 unspecified atom stereocenters. The van der Waals surface area contributed by atoms with Crippen molar-refractivity contribution in [2.24, 2.45) is 5.92 Å². The van der Waals surface area contributed by atoms with E-state index in [-0.39, 0.29) is 35.3 Å². The van der Waals surface area contributed by atoms with Crippen molar-refractivity contribution >= 4 is 23.4 Å². The third-order valence-electron chi connectivity index (χ3n) is 8.04. The molecule has 9 nitrogen and oxygen atoms in total. The highest BCUT2D eigenvalue weighted by molar-refractivity contribution is 6.24. The first-order chi connectivity index (χ1) is 18.1. The van der Waals surface area contributed by atoms with E-state index in [4.69, 9.17) is 4.74 Å². The van der Waals surface area contributed by atoms with Crippen molar-refractivity contribution in [3.63, 3.8) is 0 Å². The lowest BCUT2D eigenvalue weighted by molar-refractivity contribution is -0.125. The Hall–Kier alpha value is -3.20. The first-order valence-electron chi connectivity index (χ1n) is 13.8. The molecule has 0 spiro atoms. The van der Waals surface area contributed by atoms with Gasteiger partial charge in [-0.05, 0) is 78.0 Å².